The summed E-state index contributed by atoms with van der Waals surface area (Å²) >= 11 is 0. The van der Waals surface area contributed by atoms with Gasteiger partial charge in [-0.15, -0.1) is 0 Å². The van der Waals surface area contributed by atoms with E-state index < -0.39 is 0 Å². The number of hydrogen-bond acceptors (Lipinski definition) is 3. The molecule has 0 aliphatic rings. The fourth-order valence-electron chi connectivity index (χ4n) is 1.96. The van der Waals surface area contributed by atoms with Gasteiger partial charge in [0.2, 0.25) is 5.91 Å². The zero-order chi connectivity index (χ0) is 15.1. The van der Waals surface area contributed by atoms with E-state index in [2.05, 4.69) is 15.6 Å². The van der Waals surface area contributed by atoms with Gasteiger partial charge in [0, 0.05) is 36.7 Å². The molecular weight excluding hydrogens is 262 g/mol. The summed E-state index contributed by atoms with van der Waals surface area (Å²) in [7, 11) is 0. The number of pyridine rings is 1. The predicted molar refractivity (Wildman–Crippen MR) is 86.1 cm³/mol. The molecule has 2 aromatic rings. The smallest absolute Gasteiger partial charge is 0.224 e. The van der Waals surface area contributed by atoms with E-state index in [0.29, 0.717) is 12.3 Å². The lowest BCUT2D eigenvalue weighted by atomic mass is 10.1. The van der Waals surface area contributed by atoms with Crippen LogP contribution in [0.25, 0.3) is 0 Å². The average molecular weight is 283 g/mol. The minimum atomic E-state index is 0.0579. The summed E-state index contributed by atoms with van der Waals surface area (Å²) in [6.45, 7) is 4.82. The van der Waals surface area contributed by atoms with Gasteiger partial charge in [-0.2, -0.15) is 0 Å². The van der Waals surface area contributed by atoms with Crippen molar-refractivity contribution in [3.63, 3.8) is 0 Å². The monoisotopic (exact) mass is 283 g/mol. The minimum absolute atomic E-state index is 0.0579. The second-order valence-electron chi connectivity index (χ2n) is 5.43. The summed E-state index contributed by atoms with van der Waals surface area (Å²) in [4.78, 5) is 15.7. The Morgan fingerprint density at radius 1 is 1.05 bits per heavy atom. The van der Waals surface area contributed by atoms with E-state index in [4.69, 9.17) is 0 Å². The van der Waals surface area contributed by atoms with Gasteiger partial charge in [-0.25, -0.2) is 0 Å². The van der Waals surface area contributed by atoms with E-state index in [0.717, 1.165) is 17.9 Å². The highest BCUT2D eigenvalue weighted by molar-refractivity contribution is 5.90. The first-order valence-electron chi connectivity index (χ1n) is 7.16. The number of hydrogen-bond donors (Lipinski definition) is 2. The van der Waals surface area contributed by atoms with E-state index in [1.54, 1.807) is 12.4 Å². The molecule has 2 N–H and O–H groups in total. The summed E-state index contributed by atoms with van der Waals surface area (Å²) in [5, 5.41) is 6.23. The lowest BCUT2D eigenvalue weighted by Crippen LogP contribution is -2.13. The van der Waals surface area contributed by atoms with Gasteiger partial charge in [-0.1, -0.05) is 13.8 Å². The molecule has 1 amide bonds. The third kappa shape index (κ3) is 5.26. The van der Waals surface area contributed by atoms with Crippen LogP contribution in [0.4, 0.5) is 11.4 Å². The maximum absolute atomic E-state index is 11.7. The van der Waals surface area contributed by atoms with Gasteiger partial charge in [0.15, 0.2) is 0 Å². The molecule has 21 heavy (non-hydrogen) atoms. The molecule has 0 aliphatic carbocycles. The number of benzene rings is 1. The lowest BCUT2D eigenvalue weighted by Gasteiger charge is -2.09. The second kappa shape index (κ2) is 7.43. The Balaban J connectivity index is 1.86. The Labute approximate surface area is 125 Å². The van der Waals surface area contributed by atoms with Crippen LogP contribution in [0.2, 0.25) is 0 Å². The third-order valence-electron chi connectivity index (χ3n) is 3.01. The number of anilines is 2. The van der Waals surface area contributed by atoms with Crippen LogP contribution < -0.4 is 10.6 Å². The highest BCUT2D eigenvalue weighted by atomic mass is 16.1. The number of amides is 1. The summed E-state index contributed by atoms with van der Waals surface area (Å²) in [5.74, 6) is 0.425. The molecular formula is C17H21N3O. The van der Waals surface area contributed by atoms with Crippen molar-refractivity contribution in [3.8, 4) is 0 Å². The topological polar surface area (TPSA) is 54.0 Å². The zero-order valence-electron chi connectivity index (χ0n) is 12.5. The number of nitrogens with one attached hydrogen (secondary N) is 2. The molecule has 2 rings (SSSR count). The Morgan fingerprint density at radius 2 is 1.67 bits per heavy atom. The van der Waals surface area contributed by atoms with Crippen LogP contribution >= 0.6 is 0 Å². The summed E-state index contributed by atoms with van der Waals surface area (Å²) in [6.07, 6.45) is 4.11. The van der Waals surface area contributed by atoms with Crippen molar-refractivity contribution < 1.29 is 4.79 Å². The third-order valence-corrected chi connectivity index (χ3v) is 3.01. The molecule has 0 atom stereocenters. The van der Waals surface area contributed by atoms with E-state index in [-0.39, 0.29) is 5.91 Å². The van der Waals surface area contributed by atoms with E-state index in [1.165, 1.54) is 5.56 Å². The maximum atomic E-state index is 11.7. The van der Waals surface area contributed by atoms with Crippen molar-refractivity contribution in [1.82, 2.24) is 4.98 Å². The van der Waals surface area contributed by atoms with Crippen LogP contribution in [-0.4, -0.2) is 10.9 Å². The van der Waals surface area contributed by atoms with Crippen LogP contribution in [-0.2, 0) is 11.3 Å². The van der Waals surface area contributed by atoms with E-state index >= 15 is 0 Å². The molecule has 1 heterocycles. The standard InChI is InChI=1S/C17H21N3O/c1-13(2)11-17(21)20-16-5-3-15(4-6-16)19-12-14-7-9-18-10-8-14/h3-10,13,19H,11-12H2,1-2H3,(H,20,21). The highest BCUT2D eigenvalue weighted by Gasteiger charge is 2.05. The molecule has 0 saturated carbocycles. The minimum Gasteiger partial charge on any atom is -0.381 e. The van der Waals surface area contributed by atoms with E-state index in [1.807, 2.05) is 50.2 Å². The lowest BCUT2D eigenvalue weighted by molar-refractivity contribution is -0.116. The Bertz CT molecular complexity index is 564. The first-order valence-corrected chi connectivity index (χ1v) is 7.16. The van der Waals surface area contributed by atoms with Crippen LogP contribution in [0.3, 0.4) is 0 Å². The van der Waals surface area contributed by atoms with Gasteiger partial charge in [0.25, 0.3) is 0 Å². The summed E-state index contributed by atoms with van der Waals surface area (Å²) in [5.41, 5.74) is 3.03. The Morgan fingerprint density at radius 3 is 2.29 bits per heavy atom. The number of rotatable bonds is 6. The Hall–Kier alpha value is -2.36. The normalized spacial score (nSPS) is 10.4. The molecule has 0 saturated heterocycles. The predicted octanol–water partition coefficient (Wildman–Crippen LogP) is 3.68. The van der Waals surface area contributed by atoms with Gasteiger partial charge in [0.1, 0.15) is 0 Å². The number of nitrogens with zero attached hydrogens (tertiary/aromatic N) is 1. The molecule has 0 fully saturated rings. The SMILES string of the molecule is CC(C)CC(=O)Nc1ccc(NCc2ccncc2)cc1. The molecule has 1 aromatic heterocycles. The highest BCUT2D eigenvalue weighted by Crippen LogP contribution is 2.15. The van der Waals surface area contributed by atoms with Gasteiger partial charge in [0.05, 0.1) is 0 Å². The molecule has 4 heteroatoms. The molecule has 0 radical (unpaired) electrons. The van der Waals surface area contributed by atoms with Crippen LogP contribution in [0.15, 0.2) is 48.8 Å². The first kappa shape index (κ1) is 15.0. The second-order valence-corrected chi connectivity index (χ2v) is 5.43. The van der Waals surface area contributed by atoms with Gasteiger partial charge in [-0.3, -0.25) is 9.78 Å². The van der Waals surface area contributed by atoms with Crippen molar-refractivity contribution in [3.05, 3.63) is 54.4 Å². The number of carbonyl (C=O) groups is 1. The van der Waals surface area contributed by atoms with Crippen molar-refractivity contribution in [2.75, 3.05) is 10.6 Å². The van der Waals surface area contributed by atoms with Crippen LogP contribution in [0.1, 0.15) is 25.8 Å². The van der Waals surface area contributed by atoms with Crippen molar-refractivity contribution in [2.45, 2.75) is 26.8 Å². The number of aromatic nitrogens is 1. The largest absolute Gasteiger partial charge is 0.381 e. The molecule has 110 valence electrons. The zero-order valence-corrected chi connectivity index (χ0v) is 12.5. The van der Waals surface area contributed by atoms with Crippen LogP contribution in [0, 0.1) is 5.92 Å². The van der Waals surface area contributed by atoms with Crippen molar-refractivity contribution in [1.29, 1.82) is 0 Å². The molecule has 0 bridgehead atoms. The fraction of sp³-hybridized carbons (Fsp3) is 0.294. The quantitative estimate of drug-likeness (QED) is 0.850. The molecule has 4 nitrogen and oxygen atoms in total. The average Bonchev–Trinajstić information content (AvgIpc) is 2.47. The number of carbonyl (C=O) groups excluding carboxylic acids is 1. The van der Waals surface area contributed by atoms with Gasteiger partial charge in [-0.05, 0) is 47.9 Å². The molecule has 0 spiro atoms. The summed E-state index contributed by atoms with van der Waals surface area (Å²) in [6, 6.07) is 11.7. The van der Waals surface area contributed by atoms with Crippen LogP contribution in [0.5, 0.6) is 0 Å². The van der Waals surface area contributed by atoms with Crippen molar-refractivity contribution in [2.24, 2.45) is 5.92 Å². The first-order chi connectivity index (χ1) is 10.1. The fourth-order valence-corrected chi connectivity index (χ4v) is 1.96. The Kier molecular flexibility index (Phi) is 5.32. The molecule has 0 aliphatic heterocycles. The van der Waals surface area contributed by atoms with Gasteiger partial charge >= 0.3 is 0 Å². The van der Waals surface area contributed by atoms with Gasteiger partial charge < -0.3 is 10.6 Å². The maximum Gasteiger partial charge on any atom is 0.224 e. The summed E-state index contributed by atoms with van der Waals surface area (Å²) < 4.78 is 0. The molecule has 0 unspecified atom stereocenters. The molecule has 1 aromatic carbocycles. The van der Waals surface area contributed by atoms with Crippen molar-refractivity contribution >= 4 is 17.3 Å². The van der Waals surface area contributed by atoms with E-state index in [9.17, 15) is 4.79 Å².